The molecule has 22 heavy (non-hydrogen) atoms. The summed E-state index contributed by atoms with van der Waals surface area (Å²) in [7, 11) is 5.73. The van der Waals surface area contributed by atoms with Crippen molar-refractivity contribution >= 4 is 11.4 Å². The molecule has 4 heteroatoms. The first kappa shape index (κ1) is 16.0. The lowest BCUT2D eigenvalue weighted by atomic mass is 10.1. The fourth-order valence-electron chi connectivity index (χ4n) is 2.24. The molecule has 0 heterocycles. The highest BCUT2D eigenvalue weighted by Gasteiger charge is 2.09. The Morgan fingerprint density at radius 3 is 2.36 bits per heavy atom. The van der Waals surface area contributed by atoms with Gasteiger partial charge in [0.1, 0.15) is 0 Å². The number of nitrogens with one attached hydrogen (secondary N) is 1. The molecule has 0 aromatic heterocycles. The van der Waals surface area contributed by atoms with Gasteiger partial charge < -0.3 is 19.7 Å². The Morgan fingerprint density at radius 1 is 1.05 bits per heavy atom. The van der Waals surface area contributed by atoms with Crippen LogP contribution in [0.3, 0.4) is 0 Å². The second-order valence-corrected chi connectivity index (χ2v) is 5.18. The Hall–Kier alpha value is -2.36. The number of rotatable bonds is 7. The van der Waals surface area contributed by atoms with Gasteiger partial charge in [-0.1, -0.05) is 12.1 Å². The second kappa shape index (κ2) is 7.59. The summed E-state index contributed by atoms with van der Waals surface area (Å²) in [4.78, 5) is 2.08. The van der Waals surface area contributed by atoms with Crippen molar-refractivity contribution in [3.63, 3.8) is 0 Å². The van der Waals surface area contributed by atoms with Gasteiger partial charge in [0, 0.05) is 37.6 Å². The maximum absolute atomic E-state index is 5.73. The Labute approximate surface area is 132 Å². The fraction of sp³-hybridized carbons (Fsp3) is 0.333. The van der Waals surface area contributed by atoms with E-state index in [0.717, 1.165) is 22.7 Å². The molecule has 0 atom stereocenters. The van der Waals surface area contributed by atoms with E-state index in [0.29, 0.717) is 13.2 Å². The molecule has 1 N–H and O–H groups in total. The molecule has 118 valence electrons. The molecule has 0 unspecified atom stereocenters. The summed E-state index contributed by atoms with van der Waals surface area (Å²) in [6.45, 7) is 3.28. The van der Waals surface area contributed by atoms with Crippen LogP contribution in [0.15, 0.2) is 42.5 Å². The Bertz CT molecular complexity index is 595. The molecular weight excluding hydrogens is 276 g/mol. The molecule has 2 aromatic carbocycles. The minimum atomic E-state index is 0.616. The molecule has 0 saturated carbocycles. The minimum absolute atomic E-state index is 0.616. The van der Waals surface area contributed by atoms with E-state index in [1.165, 1.54) is 5.69 Å². The summed E-state index contributed by atoms with van der Waals surface area (Å²) in [6, 6.07) is 14.3. The van der Waals surface area contributed by atoms with Gasteiger partial charge in [0.2, 0.25) is 0 Å². The Kier molecular flexibility index (Phi) is 5.53. The van der Waals surface area contributed by atoms with E-state index in [1.54, 1.807) is 7.11 Å². The lowest BCUT2D eigenvalue weighted by Crippen LogP contribution is -2.08. The van der Waals surface area contributed by atoms with E-state index in [2.05, 4.69) is 40.5 Å². The van der Waals surface area contributed by atoms with Crippen molar-refractivity contribution in [3.05, 3.63) is 48.0 Å². The van der Waals surface area contributed by atoms with Crippen LogP contribution in [-0.2, 0) is 6.54 Å². The standard InChI is InChI=1S/C18H24N2O2/c1-5-22-18-14(7-6-8-17(18)21-4)13-19-15-9-11-16(12-10-15)20(2)3/h6-12,19H,5,13H2,1-4H3. The first-order chi connectivity index (χ1) is 10.7. The molecule has 0 aliphatic heterocycles. The molecule has 4 nitrogen and oxygen atoms in total. The van der Waals surface area contributed by atoms with Crippen LogP contribution in [0.4, 0.5) is 11.4 Å². The van der Waals surface area contributed by atoms with Gasteiger partial charge in [0.05, 0.1) is 13.7 Å². The highest BCUT2D eigenvalue weighted by molar-refractivity contribution is 5.55. The summed E-state index contributed by atoms with van der Waals surface area (Å²) < 4.78 is 11.1. The monoisotopic (exact) mass is 300 g/mol. The molecule has 0 aliphatic carbocycles. The SMILES string of the molecule is CCOc1c(CNc2ccc(N(C)C)cc2)cccc1OC. The van der Waals surface area contributed by atoms with Gasteiger partial charge in [0.15, 0.2) is 11.5 Å². The maximum Gasteiger partial charge on any atom is 0.166 e. The van der Waals surface area contributed by atoms with Gasteiger partial charge in [-0.2, -0.15) is 0 Å². The molecule has 2 rings (SSSR count). The van der Waals surface area contributed by atoms with E-state index in [9.17, 15) is 0 Å². The number of ether oxygens (including phenoxy) is 2. The summed E-state index contributed by atoms with van der Waals surface area (Å²) in [5, 5.41) is 3.42. The van der Waals surface area contributed by atoms with Crippen molar-refractivity contribution in [1.82, 2.24) is 0 Å². The predicted molar refractivity (Wildman–Crippen MR) is 92.3 cm³/mol. The van der Waals surface area contributed by atoms with Crippen LogP contribution >= 0.6 is 0 Å². The van der Waals surface area contributed by atoms with Crippen LogP contribution < -0.4 is 19.7 Å². The molecule has 0 spiro atoms. The van der Waals surface area contributed by atoms with Gasteiger partial charge in [-0.25, -0.2) is 0 Å². The summed E-state index contributed by atoms with van der Waals surface area (Å²) in [5.41, 5.74) is 3.34. The largest absolute Gasteiger partial charge is 0.493 e. The summed E-state index contributed by atoms with van der Waals surface area (Å²) in [5.74, 6) is 1.58. The second-order valence-electron chi connectivity index (χ2n) is 5.18. The zero-order chi connectivity index (χ0) is 15.9. The molecular formula is C18H24N2O2. The van der Waals surface area contributed by atoms with Crippen LogP contribution in [-0.4, -0.2) is 27.8 Å². The number of anilines is 2. The number of methoxy groups -OCH3 is 1. The third kappa shape index (κ3) is 3.85. The predicted octanol–water partition coefficient (Wildman–Crippen LogP) is 3.77. The lowest BCUT2D eigenvalue weighted by molar-refractivity contribution is 0.308. The Balaban J connectivity index is 2.10. The molecule has 0 bridgehead atoms. The smallest absolute Gasteiger partial charge is 0.166 e. The van der Waals surface area contributed by atoms with Gasteiger partial charge in [-0.3, -0.25) is 0 Å². The summed E-state index contributed by atoms with van der Waals surface area (Å²) >= 11 is 0. The zero-order valence-electron chi connectivity index (χ0n) is 13.7. The van der Waals surface area contributed by atoms with Gasteiger partial charge in [-0.15, -0.1) is 0 Å². The van der Waals surface area contributed by atoms with Crippen molar-refractivity contribution in [3.8, 4) is 11.5 Å². The van der Waals surface area contributed by atoms with E-state index >= 15 is 0 Å². The van der Waals surface area contributed by atoms with Crippen LogP contribution in [0.5, 0.6) is 11.5 Å². The molecule has 0 amide bonds. The van der Waals surface area contributed by atoms with Crippen molar-refractivity contribution < 1.29 is 9.47 Å². The zero-order valence-corrected chi connectivity index (χ0v) is 13.7. The van der Waals surface area contributed by atoms with E-state index in [4.69, 9.17) is 9.47 Å². The summed E-state index contributed by atoms with van der Waals surface area (Å²) in [6.07, 6.45) is 0. The van der Waals surface area contributed by atoms with Crippen molar-refractivity contribution in [2.45, 2.75) is 13.5 Å². The first-order valence-corrected chi connectivity index (χ1v) is 7.45. The molecule has 0 radical (unpaired) electrons. The first-order valence-electron chi connectivity index (χ1n) is 7.45. The van der Waals surface area contributed by atoms with Crippen LogP contribution in [0.25, 0.3) is 0 Å². The van der Waals surface area contributed by atoms with Gasteiger partial charge in [-0.05, 0) is 37.3 Å². The third-order valence-electron chi connectivity index (χ3n) is 3.44. The average molecular weight is 300 g/mol. The van der Waals surface area contributed by atoms with Crippen molar-refractivity contribution in [2.75, 3.05) is 38.0 Å². The number of para-hydroxylation sites is 1. The number of nitrogens with zero attached hydrogens (tertiary/aromatic N) is 1. The molecule has 0 fully saturated rings. The van der Waals surface area contributed by atoms with Crippen molar-refractivity contribution in [2.24, 2.45) is 0 Å². The quantitative estimate of drug-likeness (QED) is 0.844. The van der Waals surface area contributed by atoms with Crippen LogP contribution in [0.1, 0.15) is 12.5 Å². The molecule has 0 saturated heterocycles. The normalized spacial score (nSPS) is 10.2. The maximum atomic E-state index is 5.73. The Morgan fingerprint density at radius 2 is 1.77 bits per heavy atom. The topological polar surface area (TPSA) is 33.7 Å². The van der Waals surface area contributed by atoms with E-state index < -0.39 is 0 Å². The number of hydrogen-bond acceptors (Lipinski definition) is 4. The molecule has 2 aromatic rings. The van der Waals surface area contributed by atoms with Gasteiger partial charge >= 0.3 is 0 Å². The van der Waals surface area contributed by atoms with Gasteiger partial charge in [0.25, 0.3) is 0 Å². The van der Waals surface area contributed by atoms with Crippen LogP contribution in [0, 0.1) is 0 Å². The fourth-order valence-corrected chi connectivity index (χ4v) is 2.24. The van der Waals surface area contributed by atoms with Crippen molar-refractivity contribution in [1.29, 1.82) is 0 Å². The lowest BCUT2D eigenvalue weighted by Gasteiger charge is -2.16. The van der Waals surface area contributed by atoms with E-state index in [1.807, 2.05) is 33.2 Å². The minimum Gasteiger partial charge on any atom is -0.493 e. The average Bonchev–Trinajstić information content (AvgIpc) is 2.54. The number of hydrogen-bond donors (Lipinski definition) is 1. The van der Waals surface area contributed by atoms with E-state index in [-0.39, 0.29) is 0 Å². The number of benzene rings is 2. The van der Waals surface area contributed by atoms with Crippen LogP contribution in [0.2, 0.25) is 0 Å². The molecule has 0 aliphatic rings. The third-order valence-corrected chi connectivity index (χ3v) is 3.44. The highest BCUT2D eigenvalue weighted by Crippen LogP contribution is 2.31. The highest BCUT2D eigenvalue weighted by atomic mass is 16.5.